The molecule has 2 nitrogen and oxygen atoms in total. The number of rotatable bonds is 1. The standard InChI is InChI=1S/C10H12N2/c1-10(2,12-3)8-5-4-6-9(11)7-8/h4-7H,11H2,1-2H3. The van der Waals surface area contributed by atoms with E-state index in [0.29, 0.717) is 5.69 Å². The summed E-state index contributed by atoms with van der Waals surface area (Å²) in [5, 5.41) is 0. The van der Waals surface area contributed by atoms with Crippen molar-refractivity contribution < 1.29 is 0 Å². The SMILES string of the molecule is [C-]#[N+]C(C)(C)c1cccc(N)c1. The fraction of sp³-hybridized carbons (Fsp3) is 0.300. The summed E-state index contributed by atoms with van der Waals surface area (Å²) in [5.74, 6) is 0. The molecule has 0 radical (unpaired) electrons. The topological polar surface area (TPSA) is 30.4 Å². The molecule has 0 bridgehead atoms. The van der Waals surface area contributed by atoms with Crippen molar-refractivity contribution in [2.45, 2.75) is 19.4 Å². The molecular weight excluding hydrogens is 148 g/mol. The molecule has 1 aromatic carbocycles. The molecule has 0 aliphatic rings. The minimum absolute atomic E-state index is 0.463. The molecule has 0 aliphatic carbocycles. The maximum absolute atomic E-state index is 7.00. The van der Waals surface area contributed by atoms with Gasteiger partial charge in [-0.1, -0.05) is 12.1 Å². The van der Waals surface area contributed by atoms with Gasteiger partial charge in [-0.25, -0.2) is 6.57 Å². The summed E-state index contributed by atoms with van der Waals surface area (Å²) in [6, 6.07) is 7.47. The predicted molar refractivity (Wildman–Crippen MR) is 50.5 cm³/mol. The van der Waals surface area contributed by atoms with Crippen molar-refractivity contribution in [3.63, 3.8) is 0 Å². The van der Waals surface area contributed by atoms with Gasteiger partial charge in [0.2, 0.25) is 0 Å². The van der Waals surface area contributed by atoms with Gasteiger partial charge in [0.15, 0.2) is 0 Å². The van der Waals surface area contributed by atoms with E-state index in [1.54, 1.807) is 0 Å². The van der Waals surface area contributed by atoms with Gasteiger partial charge in [0, 0.05) is 25.1 Å². The van der Waals surface area contributed by atoms with Crippen LogP contribution in [0.5, 0.6) is 0 Å². The molecule has 12 heavy (non-hydrogen) atoms. The third kappa shape index (κ3) is 1.57. The van der Waals surface area contributed by atoms with Gasteiger partial charge in [-0.2, -0.15) is 0 Å². The molecule has 0 heterocycles. The second kappa shape index (κ2) is 2.86. The van der Waals surface area contributed by atoms with Gasteiger partial charge in [0.1, 0.15) is 0 Å². The summed E-state index contributed by atoms with van der Waals surface area (Å²) in [4.78, 5) is 3.53. The summed E-state index contributed by atoms with van der Waals surface area (Å²) in [7, 11) is 0. The van der Waals surface area contributed by atoms with Crippen LogP contribution in [0.25, 0.3) is 4.85 Å². The van der Waals surface area contributed by atoms with E-state index in [0.717, 1.165) is 5.56 Å². The Hall–Kier alpha value is -1.49. The Morgan fingerprint density at radius 1 is 1.42 bits per heavy atom. The Bertz CT molecular complexity index is 321. The molecule has 0 spiro atoms. The molecule has 1 rings (SSSR count). The third-order valence-corrected chi connectivity index (χ3v) is 1.87. The van der Waals surface area contributed by atoms with Gasteiger partial charge in [-0.3, -0.25) is 0 Å². The van der Waals surface area contributed by atoms with Crippen LogP contribution in [-0.2, 0) is 5.54 Å². The number of hydrogen-bond donors (Lipinski definition) is 1. The van der Waals surface area contributed by atoms with E-state index < -0.39 is 5.54 Å². The molecule has 0 atom stereocenters. The first-order valence-corrected chi connectivity index (χ1v) is 3.81. The van der Waals surface area contributed by atoms with Gasteiger partial charge in [-0.05, 0) is 12.1 Å². The van der Waals surface area contributed by atoms with Crippen LogP contribution in [0.15, 0.2) is 24.3 Å². The summed E-state index contributed by atoms with van der Waals surface area (Å²) in [6.45, 7) is 10.8. The highest BCUT2D eigenvalue weighted by atomic mass is 14.8. The van der Waals surface area contributed by atoms with Crippen molar-refractivity contribution in [1.29, 1.82) is 0 Å². The largest absolute Gasteiger partial charge is 0.399 e. The molecule has 62 valence electrons. The van der Waals surface area contributed by atoms with Crippen molar-refractivity contribution in [2.24, 2.45) is 0 Å². The number of nitrogens with zero attached hydrogens (tertiary/aromatic N) is 1. The average Bonchev–Trinajstić information content (AvgIpc) is 2.05. The normalized spacial score (nSPS) is 10.8. The fourth-order valence-electron chi connectivity index (χ4n) is 0.984. The minimum atomic E-state index is -0.463. The van der Waals surface area contributed by atoms with Gasteiger partial charge in [0.25, 0.3) is 5.54 Å². The minimum Gasteiger partial charge on any atom is -0.399 e. The summed E-state index contributed by atoms with van der Waals surface area (Å²) in [6.07, 6.45) is 0. The Balaban J connectivity index is 3.14. The van der Waals surface area contributed by atoms with Crippen LogP contribution in [0, 0.1) is 6.57 Å². The fourth-order valence-corrected chi connectivity index (χ4v) is 0.984. The molecule has 0 aliphatic heterocycles. The Kier molecular flexibility index (Phi) is 2.05. The quantitative estimate of drug-likeness (QED) is 0.496. The molecule has 0 saturated carbocycles. The molecule has 2 heteroatoms. The molecule has 0 unspecified atom stereocenters. The van der Waals surface area contributed by atoms with Gasteiger partial charge in [0.05, 0.1) is 0 Å². The van der Waals surface area contributed by atoms with Gasteiger partial charge >= 0.3 is 0 Å². The van der Waals surface area contributed by atoms with E-state index in [-0.39, 0.29) is 0 Å². The summed E-state index contributed by atoms with van der Waals surface area (Å²) < 4.78 is 0. The van der Waals surface area contributed by atoms with Gasteiger partial charge in [-0.15, -0.1) is 0 Å². The zero-order chi connectivity index (χ0) is 9.19. The number of benzene rings is 1. The van der Waals surface area contributed by atoms with Crippen molar-refractivity contribution in [2.75, 3.05) is 5.73 Å². The van der Waals surface area contributed by atoms with E-state index in [9.17, 15) is 0 Å². The Labute approximate surface area is 72.8 Å². The maximum atomic E-state index is 7.00. The van der Waals surface area contributed by atoms with Crippen LogP contribution >= 0.6 is 0 Å². The van der Waals surface area contributed by atoms with Crippen molar-refractivity contribution in [1.82, 2.24) is 0 Å². The van der Waals surface area contributed by atoms with Crippen LogP contribution in [0.2, 0.25) is 0 Å². The molecule has 0 aromatic heterocycles. The molecule has 0 amide bonds. The smallest absolute Gasteiger partial charge is 0.252 e. The lowest BCUT2D eigenvalue weighted by Gasteiger charge is -2.11. The maximum Gasteiger partial charge on any atom is 0.252 e. The van der Waals surface area contributed by atoms with E-state index in [1.807, 2.05) is 38.1 Å². The second-order valence-corrected chi connectivity index (χ2v) is 3.30. The summed E-state index contributed by atoms with van der Waals surface area (Å²) in [5.41, 5.74) is 6.83. The first-order chi connectivity index (χ1) is 5.56. The van der Waals surface area contributed by atoms with Crippen LogP contribution in [0.4, 0.5) is 5.69 Å². The molecule has 0 saturated heterocycles. The Morgan fingerprint density at radius 2 is 2.08 bits per heavy atom. The first kappa shape index (κ1) is 8.61. The lowest BCUT2D eigenvalue weighted by atomic mass is 9.95. The zero-order valence-corrected chi connectivity index (χ0v) is 7.33. The highest BCUT2D eigenvalue weighted by Crippen LogP contribution is 2.25. The van der Waals surface area contributed by atoms with Crippen LogP contribution in [0.3, 0.4) is 0 Å². The first-order valence-electron chi connectivity index (χ1n) is 3.81. The highest BCUT2D eigenvalue weighted by molar-refractivity contribution is 5.43. The van der Waals surface area contributed by atoms with Crippen molar-refractivity contribution >= 4 is 5.69 Å². The Morgan fingerprint density at radius 3 is 2.58 bits per heavy atom. The predicted octanol–water partition coefficient (Wildman–Crippen LogP) is 2.42. The lowest BCUT2D eigenvalue weighted by molar-refractivity contribution is 0.664. The average molecular weight is 160 g/mol. The highest BCUT2D eigenvalue weighted by Gasteiger charge is 2.25. The monoisotopic (exact) mass is 160 g/mol. The van der Waals surface area contributed by atoms with Crippen LogP contribution in [-0.4, -0.2) is 0 Å². The van der Waals surface area contributed by atoms with Gasteiger partial charge < -0.3 is 10.6 Å². The van der Waals surface area contributed by atoms with Crippen molar-refractivity contribution in [3.05, 3.63) is 41.2 Å². The van der Waals surface area contributed by atoms with E-state index in [1.165, 1.54) is 0 Å². The van der Waals surface area contributed by atoms with Crippen molar-refractivity contribution in [3.8, 4) is 0 Å². The molecule has 0 fully saturated rings. The number of nitrogens with two attached hydrogens (primary N) is 1. The van der Waals surface area contributed by atoms with E-state index in [2.05, 4.69) is 4.85 Å². The third-order valence-electron chi connectivity index (χ3n) is 1.87. The van der Waals surface area contributed by atoms with E-state index in [4.69, 9.17) is 12.3 Å². The summed E-state index contributed by atoms with van der Waals surface area (Å²) >= 11 is 0. The van der Waals surface area contributed by atoms with Crippen LogP contribution in [0.1, 0.15) is 19.4 Å². The molecule has 2 N–H and O–H groups in total. The van der Waals surface area contributed by atoms with Crippen LogP contribution < -0.4 is 5.73 Å². The molecule has 1 aromatic rings. The zero-order valence-electron chi connectivity index (χ0n) is 7.33. The number of nitrogen functional groups attached to an aromatic ring is 1. The lowest BCUT2D eigenvalue weighted by Crippen LogP contribution is -2.10. The number of anilines is 1. The second-order valence-electron chi connectivity index (χ2n) is 3.30. The van der Waals surface area contributed by atoms with E-state index >= 15 is 0 Å². The molecular formula is C10H12N2. The number of hydrogen-bond acceptors (Lipinski definition) is 1.